The van der Waals surface area contributed by atoms with E-state index in [0.717, 1.165) is 54.8 Å². The van der Waals surface area contributed by atoms with E-state index in [9.17, 15) is 4.79 Å². The second-order valence-electron chi connectivity index (χ2n) is 6.69. The predicted molar refractivity (Wildman–Crippen MR) is 105 cm³/mol. The van der Waals surface area contributed by atoms with E-state index in [1.54, 1.807) is 11.3 Å². The third kappa shape index (κ3) is 5.27. The summed E-state index contributed by atoms with van der Waals surface area (Å²) in [5.41, 5.74) is 2.85. The molecule has 0 atom stereocenters. The summed E-state index contributed by atoms with van der Waals surface area (Å²) < 4.78 is 5.40. The zero-order valence-corrected chi connectivity index (χ0v) is 16.1. The third-order valence-corrected chi connectivity index (χ3v) is 5.45. The van der Waals surface area contributed by atoms with Crippen LogP contribution in [-0.2, 0) is 17.8 Å². The van der Waals surface area contributed by atoms with Gasteiger partial charge in [0.15, 0.2) is 0 Å². The van der Waals surface area contributed by atoms with Gasteiger partial charge in [0, 0.05) is 36.6 Å². The number of hydrogen-bond donors (Lipinski definition) is 2. The van der Waals surface area contributed by atoms with E-state index in [1.165, 1.54) is 0 Å². The Morgan fingerprint density at radius 3 is 2.81 bits per heavy atom. The molecule has 0 radical (unpaired) electrons. The fourth-order valence-corrected chi connectivity index (χ4v) is 3.62. The first-order valence-corrected chi connectivity index (χ1v) is 9.87. The highest BCUT2D eigenvalue weighted by Crippen LogP contribution is 2.20. The summed E-state index contributed by atoms with van der Waals surface area (Å²) in [5, 5.41) is 8.96. The largest absolute Gasteiger partial charge is 0.379 e. The number of morpholine rings is 1. The minimum Gasteiger partial charge on any atom is -0.379 e. The van der Waals surface area contributed by atoms with Crippen LogP contribution in [0, 0.1) is 0 Å². The lowest BCUT2D eigenvalue weighted by Crippen LogP contribution is -2.36. The maximum atomic E-state index is 12.3. The van der Waals surface area contributed by atoms with Crippen LogP contribution in [0.25, 0.3) is 0 Å². The average molecular weight is 375 g/mol. The lowest BCUT2D eigenvalue weighted by Gasteiger charge is -2.27. The summed E-state index contributed by atoms with van der Waals surface area (Å²) in [6.45, 7) is 8.85. The van der Waals surface area contributed by atoms with Crippen molar-refractivity contribution in [1.82, 2.24) is 15.2 Å². The quantitative estimate of drug-likeness (QED) is 0.813. The van der Waals surface area contributed by atoms with Gasteiger partial charge in [-0.05, 0) is 11.6 Å². The number of para-hydroxylation sites is 1. The lowest BCUT2D eigenvalue weighted by atomic mass is 10.1. The standard InChI is InChI=1S/C19H26N4O2S/c1-14(2)18-21-16(13-26-18)11-20-19(24)22-17-6-4-3-5-15(17)12-23-7-9-25-10-8-23/h3-6,13-14H,7-12H2,1-2H3,(H2,20,22,24). The normalized spacial score (nSPS) is 15.2. The topological polar surface area (TPSA) is 66.5 Å². The van der Waals surface area contributed by atoms with Crippen LogP contribution in [0.3, 0.4) is 0 Å². The van der Waals surface area contributed by atoms with Crippen LogP contribution < -0.4 is 10.6 Å². The first kappa shape index (κ1) is 18.8. The van der Waals surface area contributed by atoms with E-state index in [4.69, 9.17) is 4.74 Å². The molecule has 1 aliphatic rings. The summed E-state index contributed by atoms with van der Waals surface area (Å²) in [6, 6.07) is 7.73. The van der Waals surface area contributed by atoms with Crippen LogP contribution >= 0.6 is 11.3 Å². The highest BCUT2D eigenvalue weighted by molar-refractivity contribution is 7.09. The fourth-order valence-electron chi connectivity index (χ4n) is 2.79. The average Bonchev–Trinajstić information content (AvgIpc) is 3.12. The number of aromatic nitrogens is 1. The molecule has 2 amide bonds. The molecule has 1 aliphatic heterocycles. The van der Waals surface area contributed by atoms with Crippen molar-refractivity contribution in [3.63, 3.8) is 0 Å². The van der Waals surface area contributed by atoms with Crippen LogP contribution in [0.2, 0.25) is 0 Å². The first-order valence-electron chi connectivity index (χ1n) is 8.99. The molecule has 1 saturated heterocycles. The van der Waals surface area contributed by atoms with Gasteiger partial charge in [0.1, 0.15) is 0 Å². The molecule has 0 aliphatic carbocycles. The predicted octanol–water partition coefficient (Wildman–Crippen LogP) is 3.42. The number of benzene rings is 1. The highest BCUT2D eigenvalue weighted by Gasteiger charge is 2.14. The number of nitrogens with one attached hydrogen (secondary N) is 2. The van der Waals surface area contributed by atoms with E-state index < -0.39 is 0 Å². The number of nitrogens with zero attached hydrogens (tertiary/aromatic N) is 2. The number of carbonyl (C=O) groups excluding carboxylic acids is 1. The summed E-state index contributed by atoms with van der Waals surface area (Å²) >= 11 is 1.64. The van der Waals surface area contributed by atoms with Crippen molar-refractivity contribution in [2.45, 2.75) is 32.9 Å². The maximum Gasteiger partial charge on any atom is 0.319 e. The number of thiazole rings is 1. The Morgan fingerprint density at radius 2 is 2.08 bits per heavy atom. The molecule has 26 heavy (non-hydrogen) atoms. The van der Waals surface area contributed by atoms with Crippen molar-refractivity contribution in [1.29, 1.82) is 0 Å². The lowest BCUT2D eigenvalue weighted by molar-refractivity contribution is 0.0343. The van der Waals surface area contributed by atoms with Gasteiger partial charge in [0.25, 0.3) is 0 Å². The van der Waals surface area contributed by atoms with Crippen LogP contribution in [0.1, 0.15) is 36.0 Å². The molecule has 7 heteroatoms. The van der Waals surface area contributed by atoms with Gasteiger partial charge in [0.05, 0.1) is 30.5 Å². The van der Waals surface area contributed by atoms with Crippen molar-refractivity contribution in [3.8, 4) is 0 Å². The highest BCUT2D eigenvalue weighted by atomic mass is 32.1. The smallest absolute Gasteiger partial charge is 0.319 e. The minimum atomic E-state index is -0.210. The third-order valence-electron chi connectivity index (χ3n) is 4.26. The number of amides is 2. The minimum absolute atomic E-state index is 0.210. The molecular weight excluding hydrogens is 348 g/mol. The van der Waals surface area contributed by atoms with Crippen LogP contribution in [0.15, 0.2) is 29.6 Å². The molecule has 0 unspecified atom stereocenters. The maximum absolute atomic E-state index is 12.3. The van der Waals surface area contributed by atoms with Gasteiger partial charge in [-0.1, -0.05) is 32.0 Å². The monoisotopic (exact) mass is 374 g/mol. The molecule has 140 valence electrons. The Balaban J connectivity index is 1.54. The molecule has 3 rings (SSSR count). The Morgan fingerprint density at radius 1 is 1.31 bits per heavy atom. The Hall–Kier alpha value is -1.96. The van der Waals surface area contributed by atoms with E-state index >= 15 is 0 Å². The van der Waals surface area contributed by atoms with Gasteiger partial charge in [0.2, 0.25) is 0 Å². The van der Waals surface area contributed by atoms with Crippen molar-refractivity contribution in [3.05, 3.63) is 45.9 Å². The van der Waals surface area contributed by atoms with E-state index in [-0.39, 0.29) is 6.03 Å². The molecule has 1 aromatic heterocycles. The zero-order valence-electron chi connectivity index (χ0n) is 15.3. The van der Waals surface area contributed by atoms with E-state index in [0.29, 0.717) is 12.5 Å². The fraction of sp³-hybridized carbons (Fsp3) is 0.474. The molecular formula is C19H26N4O2S. The van der Waals surface area contributed by atoms with Crippen LogP contribution in [0.4, 0.5) is 10.5 Å². The van der Waals surface area contributed by atoms with Gasteiger partial charge in [-0.25, -0.2) is 9.78 Å². The summed E-state index contributed by atoms with van der Waals surface area (Å²) in [7, 11) is 0. The molecule has 1 fully saturated rings. The first-order chi connectivity index (χ1) is 12.6. The van der Waals surface area contributed by atoms with Crippen molar-refractivity contribution < 1.29 is 9.53 Å². The molecule has 2 aromatic rings. The van der Waals surface area contributed by atoms with Gasteiger partial charge in [-0.3, -0.25) is 4.90 Å². The molecule has 0 bridgehead atoms. The summed E-state index contributed by atoms with van der Waals surface area (Å²) in [4.78, 5) is 19.2. The molecule has 6 nitrogen and oxygen atoms in total. The second-order valence-corrected chi connectivity index (χ2v) is 7.57. The number of rotatable bonds is 6. The molecule has 2 heterocycles. The SMILES string of the molecule is CC(C)c1nc(CNC(=O)Nc2ccccc2CN2CCOCC2)cs1. The van der Waals surface area contributed by atoms with Gasteiger partial charge in [-0.15, -0.1) is 11.3 Å². The number of carbonyl (C=O) groups is 1. The Kier molecular flexibility index (Phi) is 6.60. The Labute approximate surface area is 158 Å². The summed E-state index contributed by atoms with van der Waals surface area (Å²) in [6.07, 6.45) is 0. The number of urea groups is 1. The van der Waals surface area contributed by atoms with Crippen molar-refractivity contribution in [2.75, 3.05) is 31.6 Å². The number of ether oxygens (including phenoxy) is 1. The summed E-state index contributed by atoms with van der Waals surface area (Å²) in [5.74, 6) is 0.412. The zero-order chi connectivity index (χ0) is 18.4. The van der Waals surface area contributed by atoms with Crippen LogP contribution in [-0.4, -0.2) is 42.2 Å². The Bertz CT molecular complexity index is 726. The van der Waals surface area contributed by atoms with Crippen LogP contribution in [0.5, 0.6) is 0 Å². The van der Waals surface area contributed by atoms with Gasteiger partial charge >= 0.3 is 6.03 Å². The molecule has 1 aromatic carbocycles. The molecule has 0 saturated carbocycles. The molecule has 2 N–H and O–H groups in total. The number of anilines is 1. The molecule has 0 spiro atoms. The van der Waals surface area contributed by atoms with E-state index in [1.807, 2.05) is 23.6 Å². The van der Waals surface area contributed by atoms with Crippen molar-refractivity contribution in [2.24, 2.45) is 0 Å². The van der Waals surface area contributed by atoms with Crippen molar-refractivity contribution >= 4 is 23.1 Å². The number of hydrogen-bond acceptors (Lipinski definition) is 5. The second kappa shape index (κ2) is 9.12. The van der Waals surface area contributed by atoms with Gasteiger partial charge < -0.3 is 15.4 Å². The van der Waals surface area contributed by atoms with E-state index in [2.05, 4.69) is 40.4 Å². The van der Waals surface area contributed by atoms with Gasteiger partial charge in [-0.2, -0.15) is 0 Å².